The third-order valence-corrected chi connectivity index (χ3v) is 8.11. The van der Waals surface area contributed by atoms with Crippen LogP contribution in [-0.4, -0.2) is 32.2 Å². The summed E-state index contributed by atoms with van der Waals surface area (Å²) in [7, 11) is -7.43. The van der Waals surface area contributed by atoms with E-state index in [1.807, 2.05) is 0 Å². The summed E-state index contributed by atoms with van der Waals surface area (Å²) in [6, 6.07) is 18.9. The van der Waals surface area contributed by atoms with Crippen molar-refractivity contribution >= 4 is 42.4 Å². The summed E-state index contributed by atoms with van der Waals surface area (Å²) in [6.07, 6.45) is 1.11. The lowest BCUT2D eigenvalue weighted by atomic mass is 10.0. The maximum atomic E-state index is 13.5. The second-order valence-electron chi connectivity index (χ2n) is 7.02. The van der Waals surface area contributed by atoms with Gasteiger partial charge >= 0.3 is 0 Å². The summed E-state index contributed by atoms with van der Waals surface area (Å²) in [5, 5.41) is 11.1. The highest BCUT2D eigenvalue weighted by Gasteiger charge is 2.27. The first kappa shape index (κ1) is 21.6. The average Bonchev–Trinajstić information content (AvgIpc) is 3.08. The van der Waals surface area contributed by atoms with Gasteiger partial charge in [0.15, 0.2) is 9.84 Å². The van der Waals surface area contributed by atoms with Gasteiger partial charge < -0.3 is 5.11 Å². The molecule has 0 fully saturated rings. The standard InChI is InChI=1S/C22H18ClNO5S2/c1-30(26,27)17-10-7-15(8-11-17)22-19-12-9-16(23)13-20(19)24(21(22)14-25)31(28,29)18-5-3-2-4-6-18/h2-13,25H,14H2,1H3. The fourth-order valence-electron chi connectivity index (χ4n) is 3.59. The van der Waals surface area contributed by atoms with Gasteiger partial charge in [-0.05, 0) is 42.0 Å². The van der Waals surface area contributed by atoms with E-state index in [2.05, 4.69) is 0 Å². The van der Waals surface area contributed by atoms with Crippen LogP contribution in [0.2, 0.25) is 5.02 Å². The molecule has 0 aliphatic rings. The first-order chi connectivity index (χ1) is 14.6. The molecule has 0 atom stereocenters. The van der Waals surface area contributed by atoms with E-state index in [0.717, 1.165) is 10.2 Å². The van der Waals surface area contributed by atoms with E-state index in [9.17, 15) is 21.9 Å². The van der Waals surface area contributed by atoms with Gasteiger partial charge in [0.05, 0.1) is 27.6 Å². The van der Waals surface area contributed by atoms with E-state index in [1.165, 1.54) is 30.3 Å². The number of fused-ring (bicyclic) bond motifs is 1. The quantitative estimate of drug-likeness (QED) is 0.469. The maximum Gasteiger partial charge on any atom is 0.268 e. The number of aliphatic hydroxyl groups excluding tert-OH is 1. The zero-order valence-electron chi connectivity index (χ0n) is 16.4. The van der Waals surface area contributed by atoms with Crippen LogP contribution in [0.3, 0.4) is 0 Å². The Morgan fingerprint density at radius 3 is 2.10 bits per heavy atom. The molecule has 9 heteroatoms. The summed E-state index contributed by atoms with van der Waals surface area (Å²) in [5.74, 6) is 0. The highest BCUT2D eigenvalue weighted by molar-refractivity contribution is 7.90. The normalized spacial score (nSPS) is 12.4. The van der Waals surface area contributed by atoms with Gasteiger partial charge in [-0.3, -0.25) is 0 Å². The molecule has 0 radical (unpaired) electrons. The van der Waals surface area contributed by atoms with Crippen LogP contribution in [0, 0.1) is 0 Å². The Labute approximate surface area is 185 Å². The minimum Gasteiger partial charge on any atom is -0.390 e. The SMILES string of the molecule is CS(=O)(=O)c1ccc(-c2c(CO)n(S(=O)(=O)c3ccccc3)c3cc(Cl)ccc23)cc1. The number of hydrogen-bond donors (Lipinski definition) is 1. The lowest BCUT2D eigenvalue weighted by Crippen LogP contribution is -2.16. The van der Waals surface area contributed by atoms with E-state index in [-0.39, 0.29) is 15.5 Å². The van der Waals surface area contributed by atoms with E-state index < -0.39 is 26.5 Å². The van der Waals surface area contributed by atoms with Crippen LogP contribution in [0.4, 0.5) is 0 Å². The summed E-state index contributed by atoms with van der Waals surface area (Å²) >= 11 is 6.17. The number of hydrogen-bond acceptors (Lipinski definition) is 5. The number of aliphatic hydroxyl groups is 1. The topological polar surface area (TPSA) is 93.4 Å². The molecule has 31 heavy (non-hydrogen) atoms. The summed E-state index contributed by atoms with van der Waals surface area (Å²) < 4.78 is 51.7. The van der Waals surface area contributed by atoms with Crippen molar-refractivity contribution in [3.05, 3.63) is 83.5 Å². The smallest absolute Gasteiger partial charge is 0.268 e. The molecule has 4 aromatic rings. The fourth-order valence-corrected chi connectivity index (χ4v) is 5.95. The Balaban J connectivity index is 2.07. The fraction of sp³-hybridized carbons (Fsp3) is 0.0909. The molecular weight excluding hydrogens is 458 g/mol. The Morgan fingerprint density at radius 1 is 0.871 bits per heavy atom. The van der Waals surface area contributed by atoms with Crippen LogP contribution in [0.5, 0.6) is 0 Å². The van der Waals surface area contributed by atoms with E-state index in [4.69, 9.17) is 11.6 Å². The molecule has 6 nitrogen and oxygen atoms in total. The maximum absolute atomic E-state index is 13.5. The molecular formula is C22H18ClNO5S2. The predicted octanol–water partition coefficient (Wildman–Crippen LogP) is 4.09. The summed E-state index contributed by atoms with van der Waals surface area (Å²) in [6.45, 7) is -0.554. The number of halogens is 1. The molecule has 0 bridgehead atoms. The van der Waals surface area contributed by atoms with Crippen LogP contribution < -0.4 is 0 Å². The van der Waals surface area contributed by atoms with Gasteiger partial charge in [0.2, 0.25) is 0 Å². The monoisotopic (exact) mass is 475 g/mol. The third kappa shape index (κ3) is 3.76. The lowest BCUT2D eigenvalue weighted by molar-refractivity contribution is 0.276. The van der Waals surface area contributed by atoms with Crippen LogP contribution in [0.25, 0.3) is 22.0 Å². The van der Waals surface area contributed by atoms with Gasteiger partial charge in [-0.1, -0.05) is 48.0 Å². The van der Waals surface area contributed by atoms with E-state index in [1.54, 1.807) is 42.5 Å². The second-order valence-corrected chi connectivity index (χ2v) is 11.3. The van der Waals surface area contributed by atoms with Crippen molar-refractivity contribution < 1.29 is 21.9 Å². The Kier molecular flexibility index (Phi) is 5.43. The van der Waals surface area contributed by atoms with Crippen molar-refractivity contribution in [3.63, 3.8) is 0 Å². The molecule has 0 unspecified atom stereocenters. The highest BCUT2D eigenvalue weighted by Crippen LogP contribution is 2.38. The molecule has 1 N–H and O–H groups in total. The molecule has 0 amide bonds. The Hall–Kier alpha value is -2.65. The number of nitrogens with zero attached hydrogens (tertiary/aromatic N) is 1. The molecule has 0 aliphatic carbocycles. The molecule has 0 saturated heterocycles. The van der Waals surface area contributed by atoms with Gasteiger partial charge in [-0.2, -0.15) is 0 Å². The molecule has 3 aromatic carbocycles. The van der Waals surface area contributed by atoms with Gasteiger partial charge in [0, 0.05) is 22.2 Å². The molecule has 0 saturated carbocycles. The van der Waals surface area contributed by atoms with Gasteiger partial charge in [0.25, 0.3) is 10.0 Å². The second kappa shape index (κ2) is 7.80. The number of rotatable bonds is 5. The van der Waals surface area contributed by atoms with Gasteiger partial charge in [-0.15, -0.1) is 0 Å². The van der Waals surface area contributed by atoms with Crippen molar-refractivity contribution in [3.8, 4) is 11.1 Å². The summed E-state index contributed by atoms with van der Waals surface area (Å²) in [4.78, 5) is 0.214. The average molecular weight is 476 g/mol. The van der Waals surface area contributed by atoms with Crippen molar-refractivity contribution in [1.82, 2.24) is 3.97 Å². The lowest BCUT2D eigenvalue weighted by Gasteiger charge is -2.12. The molecule has 1 heterocycles. The first-order valence-corrected chi connectivity index (χ1v) is 12.9. The third-order valence-electron chi connectivity index (χ3n) is 4.98. The van der Waals surface area contributed by atoms with Crippen LogP contribution >= 0.6 is 11.6 Å². The van der Waals surface area contributed by atoms with Gasteiger partial charge in [-0.25, -0.2) is 20.8 Å². The van der Waals surface area contributed by atoms with Crippen molar-refractivity contribution in [2.24, 2.45) is 0 Å². The minimum atomic E-state index is -4.04. The number of benzene rings is 3. The largest absolute Gasteiger partial charge is 0.390 e. The number of aromatic nitrogens is 1. The molecule has 0 spiro atoms. The van der Waals surface area contributed by atoms with Gasteiger partial charge in [0.1, 0.15) is 0 Å². The Bertz CT molecular complexity index is 1490. The van der Waals surface area contributed by atoms with Crippen LogP contribution in [0.1, 0.15) is 5.69 Å². The van der Waals surface area contributed by atoms with E-state index in [0.29, 0.717) is 27.1 Å². The Morgan fingerprint density at radius 2 is 1.52 bits per heavy atom. The number of sulfone groups is 1. The van der Waals surface area contributed by atoms with Crippen molar-refractivity contribution in [2.75, 3.05) is 6.26 Å². The molecule has 0 aliphatic heterocycles. The first-order valence-electron chi connectivity index (χ1n) is 9.19. The molecule has 1 aromatic heterocycles. The van der Waals surface area contributed by atoms with Crippen molar-refractivity contribution in [1.29, 1.82) is 0 Å². The summed E-state index contributed by atoms with van der Waals surface area (Å²) in [5.41, 5.74) is 1.55. The predicted molar refractivity (Wildman–Crippen MR) is 120 cm³/mol. The molecule has 160 valence electrons. The minimum absolute atomic E-state index is 0.0700. The zero-order valence-corrected chi connectivity index (χ0v) is 18.7. The zero-order chi connectivity index (χ0) is 22.4. The van der Waals surface area contributed by atoms with E-state index >= 15 is 0 Å². The van der Waals surface area contributed by atoms with Crippen molar-refractivity contribution in [2.45, 2.75) is 16.4 Å². The van der Waals surface area contributed by atoms with Crippen LogP contribution in [-0.2, 0) is 26.5 Å². The van der Waals surface area contributed by atoms with Crippen LogP contribution in [0.15, 0.2) is 82.6 Å². The molecule has 4 rings (SSSR count). The highest BCUT2D eigenvalue weighted by atomic mass is 35.5.